The molecule has 0 spiro atoms. The number of carbonyl (C=O) groups excluding carboxylic acids is 1. The number of fused-ring (bicyclic) bond motifs is 1. The summed E-state index contributed by atoms with van der Waals surface area (Å²) in [5.74, 6) is -0.455. The smallest absolute Gasteiger partial charge is 0.355 e. The Bertz CT molecular complexity index is 555. The predicted molar refractivity (Wildman–Crippen MR) is 62.6 cm³/mol. The van der Waals surface area contributed by atoms with Gasteiger partial charge in [0.2, 0.25) is 0 Å². The summed E-state index contributed by atoms with van der Waals surface area (Å²) in [6.45, 7) is 2.04. The number of esters is 1. The lowest BCUT2D eigenvalue weighted by atomic mass is 10.3. The topological polar surface area (TPSA) is 67.9 Å². The zero-order valence-electron chi connectivity index (χ0n) is 8.25. The van der Waals surface area contributed by atoms with Crippen molar-refractivity contribution in [3.8, 4) is 0 Å². The molecule has 2 rings (SSSR count). The Morgan fingerprint density at radius 1 is 1.62 bits per heavy atom. The highest BCUT2D eigenvalue weighted by Gasteiger charge is 2.19. The van der Waals surface area contributed by atoms with Crippen LogP contribution in [0.5, 0.6) is 0 Å². The molecule has 2 aromatic heterocycles. The van der Waals surface area contributed by atoms with Crippen LogP contribution in [-0.4, -0.2) is 27.5 Å². The number of hydrogen-bond donors (Lipinski definition) is 1. The number of halogens is 2. The van der Waals surface area contributed by atoms with Crippen LogP contribution in [-0.2, 0) is 4.74 Å². The van der Waals surface area contributed by atoms with Crippen LogP contribution in [0.4, 0.5) is 0 Å². The number of aromatic nitrogens is 3. The van der Waals surface area contributed by atoms with E-state index in [4.69, 9.17) is 16.3 Å². The van der Waals surface area contributed by atoms with Crippen molar-refractivity contribution in [2.45, 2.75) is 6.92 Å². The first-order chi connectivity index (χ1) is 7.65. The largest absolute Gasteiger partial charge is 0.461 e. The second kappa shape index (κ2) is 4.39. The molecule has 0 fully saturated rings. The number of rotatable bonds is 2. The number of hydrogen-bond acceptors (Lipinski definition) is 4. The van der Waals surface area contributed by atoms with Crippen LogP contribution in [0, 0.1) is 0 Å². The highest BCUT2D eigenvalue weighted by atomic mass is 79.9. The normalized spacial score (nSPS) is 10.7. The van der Waals surface area contributed by atoms with Gasteiger partial charge in [-0.2, -0.15) is 0 Å². The van der Waals surface area contributed by atoms with Gasteiger partial charge in [-0.25, -0.2) is 14.8 Å². The van der Waals surface area contributed by atoms with Crippen molar-refractivity contribution in [2.24, 2.45) is 0 Å². The summed E-state index contributed by atoms with van der Waals surface area (Å²) in [5, 5.41) is 0.857. The average Bonchev–Trinajstić information content (AvgIpc) is 2.58. The molecular weight excluding hydrogens is 297 g/mol. The van der Waals surface area contributed by atoms with Crippen LogP contribution in [0.1, 0.15) is 17.4 Å². The van der Waals surface area contributed by atoms with Gasteiger partial charge >= 0.3 is 5.97 Å². The molecule has 0 amide bonds. The SMILES string of the molecule is CCOC(=O)c1[nH]c2ncnc(Cl)c2c1Br. The molecule has 0 aromatic carbocycles. The minimum atomic E-state index is -0.455. The maximum Gasteiger partial charge on any atom is 0.355 e. The highest BCUT2D eigenvalue weighted by molar-refractivity contribution is 9.10. The van der Waals surface area contributed by atoms with Crippen LogP contribution < -0.4 is 0 Å². The van der Waals surface area contributed by atoms with Crippen LogP contribution in [0.2, 0.25) is 5.15 Å². The van der Waals surface area contributed by atoms with Gasteiger partial charge in [0.15, 0.2) is 0 Å². The molecule has 1 N–H and O–H groups in total. The van der Waals surface area contributed by atoms with Crippen molar-refractivity contribution in [3.63, 3.8) is 0 Å². The molecule has 2 heterocycles. The monoisotopic (exact) mass is 303 g/mol. The first kappa shape index (κ1) is 11.3. The molecular formula is C9H7BrClN3O2. The number of ether oxygens (including phenoxy) is 1. The van der Waals surface area contributed by atoms with E-state index in [-0.39, 0.29) is 5.15 Å². The average molecular weight is 305 g/mol. The van der Waals surface area contributed by atoms with E-state index in [1.54, 1.807) is 6.92 Å². The van der Waals surface area contributed by atoms with Gasteiger partial charge in [0.25, 0.3) is 0 Å². The molecule has 0 aliphatic heterocycles. The number of nitrogens with zero attached hydrogens (tertiary/aromatic N) is 2. The number of carbonyl (C=O) groups is 1. The standard InChI is InChI=1S/C9H7BrClN3O2/c1-2-16-9(15)6-5(10)4-7(11)12-3-13-8(4)14-6/h3H,2H2,1H3,(H,12,13,14). The Morgan fingerprint density at radius 3 is 3.00 bits per heavy atom. The molecule has 5 nitrogen and oxygen atoms in total. The maximum absolute atomic E-state index is 11.6. The molecule has 0 unspecified atom stereocenters. The van der Waals surface area contributed by atoms with Gasteiger partial charge in [-0.15, -0.1) is 0 Å². The molecule has 2 aromatic rings. The van der Waals surface area contributed by atoms with Gasteiger partial charge in [-0.05, 0) is 22.9 Å². The number of nitrogens with one attached hydrogen (secondary N) is 1. The lowest BCUT2D eigenvalue weighted by Crippen LogP contribution is -2.05. The van der Waals surface area contributed by atoms with Gasteiger partial charge in [-0.1, -0.05) is 11.6 Å². The Kier molecular flexibility index (Phi) is 3.11. The van der Waals surface area contributed by atoms with Crippen molar-refractivity contribution < 1.29 is 9.53 Å². The summed E-state index contributed by atoms with van der Waals surface area (Å²) in [6.07, 6.45) is 1.32. The fourth-order valence-corrected chi connectivity index (χ4v) is 2.27. The number of aromatic amines is 1. The number of H-pyrrole nitrogens is 1. The van der Waals surface area contributed by atoms with E-state index in [0.717, 1.165) is 0 Å². The second-order valence-corrected chi connectivity index (χ2v) is 4.07. The van der Waals surface area contributed by atoms with Gasteiger partial charge in [0.05, 0.1) is 16.5 Å². The van der Waals surface area contributed by atoms with Crippen molar-refractivity contribution in [1.82, 2.24) is 15.0 Å². The molecule has 0 aliphatic carbocycles. The Morgan fingerprint density at radius 2 is 2.38 bits per heavy atom. The lowest BCUT2D eigenvalue weighted by molar-refractivity contribution is 0.0519. The third-order valence-corrected chi connectivity index (χ3v) is 3.04. The van der Waals surface area contributed by atoms with E-state index < -0.39 is 5.97 Å². The van der Waals surface area contributed by atoms with Crippen molar-refractivity contribution in [2.75, 3.05) is 6.61 Å². The minimum absolute atomic E-state index is 0.281. The van der Waals surface area contributed by atoms with E-state index in [2.05, 4.69) is 30.9 Å². The van der Waals surface area contributed by atoms with E-state index in [1.807, 2.05) is 0 Å². The fourth-order valence-electron chi connectivity index (χ4n) is 1.30. The van der Waals surface area contributed by atoms with E-state index in [9.17, 15) is 4.79 Å². The molecule has 0 atom stereocenters. The third-order valence-electron chi connectivity index (χ3n) is 1.96. The Labute approximate surface area is 104 Å². The highest BCUT2D eigenvalue weighted by Crippen LogP contribution is 2.31. The summed E-state index contributed by atoms with van der Waals surface area (Å²) in [7, 11) is 0. The molecule has 0 saturated carbocycles. The van der Waals surface area contributed by atoms with E-state index in [1.165, 1.54) is 6.33 Å². The quantitative estimate of drug-likeness (QED) is 0.684. The molecule has 7 heteroatoms. The zero-order valence-corrected chi connectivity index (χ0v) is 10.6. The molecule has 16 heavy (non-hydrogen) atoms. The van der Waals surface area contributed by atoms with Crippen LogP contribution >= 0.6 is 27.5 Å². The summed E-state index contributed by atoms with van der Waals surface area (Å²) in [4.78, 5) is 22.2. The van der Waals surface area contributed by atoms with Crippen LogP contribution in [0.25, 0.3) is 11.0 Å². The van der Waals surface area contributed by atoms with Gasteiger partial charge in [0.1, 0.15) is 22.8 Å². The molecule has 0 aliphatic rings. The Balaban J connectivity index is 2.61. The van der Waals surface area contributed by atoms with Crippen molar-refractivity contribution >= 4 is 44.5 Å². The molecule has 0 radical (unpaired) electrons. The molecule has 84 valence electrons. The summed E-state index contributed by atoms with van der Waals surface area (Å²) < 4.78 is 5.41. The van der Waals surface area contributed by atoms with E-state index in [0.29, 0.717) is 27.8 Å². The van der Waals surface area contributed by atoms with Crippen LogP contribution in [0.15, 0.2) is 10.8 Å². The van der Waals surface area contributed by atoms with E-state index >= 15 is 0 Å². The summed E-state index contributed by atoms with van der Waals surface area (Å²) in [6, 6.07) is 0. The van der Waals surface area contributed by atoms with Gasteiger partial charge in [0, 0.05) is 0 Å². The minimum Gasteiger partial charge on any atom is -0.461 e. The Hall–Kier alpha value is -1.14. The van der Waals surface area contributed by atoms with Crippen molar-refractivity contribution in [3.05, 3.63) is 21.6 Å². The first-order valence-electron chi connectivity index (χ1n) is 4.50. The second-order valence-electron chi connectivity index (χ2n) is 2.92. The molecule has 0 bridgehead atoms. The molecule has 0 saturated heterocycles. The first-order valence-corrected chi connectivity index (χ1v) is 5.67. The van der Waals surface area contributed by atoms with Gasteiger partial charge in [-0.3, -0.25) is 0 Å². The summed E-state index contributed by atoms with van der Waals surface area (Å²) >= 11 is 9.18. The zero-order chi connectivity index (χ0) is 11.7. The van der Waals surface area contributed by atoms with Crippen LogP contribution in [0.3, 0.4) is 0 Å². The third kappa shape index (κ3) is 1.78. The lowest BCUT2D eigenvalue weighted by Gasteiger charge is -1.98. The maximum atomic E-state index is 11.6. The predicted octanol–water partition coefficient (Wildman–Crippen LogP) is 2.55. The summed E-state index contributed by atoms with van der Waals surface area (Å²) in [5.41, 5.74) is 0.786. The van der Waals surface area contributed by atoms with Crippen molar-refractivity contribution in [1.29, 1.82) is 0 Å². The van der Waals surface area contributed by atoms with Gasteiger partial charge < -0.3 is 9.72 Å². The fraction of sp³-hybridized carbons (Fsp3) is 0.222.